The molecule has 0 aliphatic heterocycles. The maximum absolute atomic E-state index is 13.4. The van der Waals surface area contributed by atoms with Gasteiger partial charge in [-0.05, 0) is 37.1 Å². The van der Waals surface area contributed by atoms with Crippen LogP contribution in [0.25, 0.3) is 10.2 Å². The van der Waals surface area contributed by atoms with Crippen LogP contribution in [0.3, 0.4) is 0 Å². The molecule has 1 aromatic heterocycles. The molecular weight excluding hydrogens is 453 g/mol. The zero-order chi connectivity index (χ0) is 22.6. The second-order valence-electron chi connectivity index (χ2n) is 7.55. The van der Waals surface area contributed by atoms with Crippen LogP contribution in [-0.2, 0) is 16.0 Å². The monoisotopic (exact) mass is 477 g/mol. The third kappa shape index (κ3) is 5.20. The van der Waals surface area contributed by atoms with Gasteiger partial charge in [0.1, 0.15) is 0 Å². The van der Waals surface area contributed by atoms with E-state index >= 15 is 0 Å². The van der Waals surface area contributed by atoms with Gasteiger partial charge in [0.2, 0.25) is 11.8 Å². The van der Waals surface area contributed by atoms with Crippen LogP contribution < -0.4 is 5.32 Å². The van der Waals surface area contributed by atoms with Crippen LogP contribution in [-0.4, -0.2) is 35.3 Å². The second-order valence-corrected chi connectivity index (χ2v) is 9.48. The van der Waals surface area contributed by atoms with Crippen LogP contribution in [0.4, 0.5) is 5.69 Å². The van der Waals surface area contributed by atoms with E-state index < -0.39 is 5.41 Å². The van der Waals surface area contributed by atoms with Gasteiger partial charge in [-0.3, -0.25) is 9.59 Å². The Balaban J connectivity index is 1.74. The highest BCUT2D eigenvalue weighted by Gasteiger charge is 2.38. The minimum absolute atomic E-state index is 0.0721. The van der Waals surface area contributed by atoms with Gasteiger partial charge in [-0.25, -0.2) is 4.98 Å². The number of hydrogen-bond acceptors (Lipinski definition) is 4. The third-order valence-corrected chi connectivity index (χ3v) is 7.26. The van der Waals surface area contributed by atoms with Gasteiger partial charge in [-0.2, -0.15) is 0 Å². The molecular formula is C23H25Cl2N3O2S. The number of carbonyl (C=O) groups is 2. The molecule has 0 saturated carbocycles. The Labute approximate surface area is 196 Å². The summed E-state index contributed by atoms with van der Waals surface area (Å²) in [5.41, 5.74) is 0.675. The first-order valence-corrected chi connectivity index (χ1v) is 11.7. The minimum atomic E-state index is -0.620. The Morgan fingerprint density at radius 1 is 1.06 bits per heavy atom. The van der Waals surface area contributed by atoms with Gasteiger partial charge < -0.3 is 10.2 Å². The van der Waals surface area contributed by atoms with Gasteiger partial charge in [0.05, 0.1) is 42.9 Å². The molecule has 0 fully saturated rings. The van der Waals surface area contributed by atoms with Crippen molar-refractivity contribution in [1.29, 1.82) is 0 Å². The number of hydrogen-bond donors (Lipinski definition) is 1. The minimum Gasteiger partial charge on any atom is -0.336 e. The number of halogens is 2. The van der Waals surface area contributed by atoms with Gasteiger partial charge >= 0.3 is 0 Å². The molecule has 2 aromatic carbocycles. The van der Waals surface area contributed by atoms with Crippen LogP contribution in [0.5, 0.6) is 0 Å². The number of para-hydroxylation sites is 2. The number of carbonyl (C=O) groups excluding carboxylic acids is 2. The number of rotatable bonds is 8. The fourth-order valence-electron chi connectivity index (χ4n) is 3.65. The van der Waals surface area contributed by atoms with E-state index in [2.05, 4.69) is 5.32 Å². The Hall–Kier alpha value is -2.15. The summed E-state index contributed by atoms with van der Waals surface area (Å²) in [4.78, 5) is 32.2. The zero-order valence-electron chi connectivity index (χ0n) is 17.7. The number of thiazole rings is 1. The van der Waals surface area contributed by atoms with Crippen molar-refractivity contribution in [3.8, 4) is 0 Å². The van der Waals surface area contributed by atoms with E-state index in [1.54, 1.807) is 36.6 Å². The highest BCUT2D eigenvalue weighted by Crippen LogP contribution is 2.36. The lowest BCUT2D eigenvalue weighted by atomic mass is 9.78. The maximum Gasteiger partial charge on any atom is 0.244 e. The van der Waals surface area contributed by atoms with E-state index in [0.29, 0.717) is 35.0 Å². The number of nitrogens with zero attached hydrogens (tertiary/aromatic N) is 2. The van der Waals surface area contributed by atoms with Crippen LogP contribution in [0.15, 0.2) is 42.5 Å². The highest BCUT2D eigenvalue weighted by molar-refractivity contribution is 7.18. The molecule has 0 atom stereocenters. The standard InChI is InChI=1S/C23H25Cl2N3O2S/c1-4-23(5-2,13-20-26-17-11-6-7-12-18(17)31-20)22(30)28(3)14-19(29)27-21-15(24)9-8-10-16(21)25/h6-12H,4-5,13-14H2,1-3H3,(H,27,29). The smallest absolute Gasteiger partial charge is 0.244 e. The Bertz CT molecular complexity index is 1040. The van der Waals surface area contributed by atoms with Gasteiger partial charge in [0.25, 0.3) is 0 Å². The molecule has 0 radical (unpaired) electrons. The fourth-order valence-corrected chi connectivity index (χ4v) is 5.25. The molecule has 0 bridgehead atoms. The van der Waals surface area contributed by atoms with Gasteiger partial charge in [-0.15, -0.1) is 11.3 Å². The summed E-state index contributed by atoms with van der Waals surface area (Å²) < 4.78 is 1.11. The average Bonchev–Trinajstić information content (AvgIpc) is 3.16. The van der Waals surface area contributed by atoms with E-state index in [-0.39, 0.29) is 18.4 Å². The van der Waals surface area contributed by atoms with E-state index in [1.807, 2.05) is 38.1 Å². The number of amides is 2. The van der Waals surface area contributed by atoms with Crippen molar-refractivity contribution < 1.29 is 9.59 Å². The number of aromatic nitrogens is 1. The average molecular weight is 478 g/mol. The zero-order valence-corrected chi connectivity index (χ0v) is 20.1. The molecule has 0 aliphatic rings. The van der Waals surface area contributed by atoms with Crippen molar-refractivity contribution in [1.82, 2.24) is 9.88 Å². The molecule has 164 valence electrons. The molecule has 5 nitrogen and oxygen atoms in total. The van der Waals surface area contributed by atoms with Crippen LogP contribution >= 0.6 is 34.5 Å². The molecule has 8 heteroatoms. The summed E-state index contributed by atoms with van der Waals surface area (Å²) in [6.07, 6.45) is 1.85. The Kier molecular flexibility index (Phi) is 7.57. The molecule has 3 aromatic rings. The number of benzene rings is 2. The topological polar surface area (TPSA) is 62.3 Å². The summed E-state index contributed by atoms with van der Waals surface area (Å²) in [7, 11) is 1.65. The lowest BCUT2D eigenvalue weighted by molar-refractivity contribution is -0.143. The Morgan fingerprint density at radius 3 is 2.32 bits per heavy atom. The molecule has 31 heavy (non-hydrogen) atoms. The normalized spacial score (nSPS) is 11.5. The number of fused-ring (bicyclic) bond motifs is 1. The molecule has 1 heterocycles. The molecule has 0 saturated heterocycles. The summed E-state index contributed by atoms with van der Waals surface area (Å²) in [5.74, 6) is -0.427. The second kappa shape index (κ2) is 9.98. The molecule has 0 aliphatic carbocycles. The largest absolute Gasteiger partial charge is 0.336 e. The van der Waals surface area contributed by atoms with Crippen molar-refractivity contribution in [3.63, 3.8) is 0 Å². The Morgan fingerprint density at radius 2 is 1.71 bits per heavy atom. The molecule has 1 N–H and O–H groups in total. The van der Waals surface area contributed by atoms with E-state index in [0.717, 1.165) is 15.2 Å². The van der Waals surface area contributed by atoms with E-state index in [9.17, 15) is 9.59 Å². The van der Waals surface area contributed by atoms with E-state index in [1.165, 1.54) is 4.90 Å². The highest BCUT2D eigenvalue weighted by atomic mass is 35.5. The predicted molar refractivity (Wildman–Crippen MR) is 129 cm³/mol. The lowest BCUT2D eigenvalue weighted by Crippen LogP contribution is -2.45. The summed E-state index contributed by atoms with van der Waals surface area (Å²) in [6, 6.07) is 13.0. The maximum atomic E-state index is 13.4. The summed E-state index contributed by atoms with van der Waals surface area (Å²) in [6.45, 7) is 3.92. The molecule has 0 spiro atoms. The quantitative estimate of drug-likeness (QED) is 0.429. The van der Waals surface area contributed by atoms with Crippen molar-refractivity contribution in [2.75, 3.05) is 18.9 Å². The van der Waals surface area contributed by atoms with Gasteiger partial charge in [0.15, 0.2) is 0 Å². The van der Waals surface area contributed by atoms with Crippen molar-refractivity contribution in [2.45, 2.75) is 33.1 Å². The number of likely N-dealkylation sites (N-methyl/N-ethyl adjacent to an activating group) is 1. The first kappa shape index (κ1) is 23.5. The molecule has 2 amide bonds. The number of anilines is 1. The van der Waals surface area contributed by atoms with Crippen molar-refractivity contribution in [2.24, 2.45) is 5.41 Å². The van der Waals surface area contributed by atoms with Gasteiger partial charge in [-0.1, -0.05) is 55.2 Å². The van der Waals surface area contributed by atoms with Crippen molar-refractivity contribution >= 4 is 62.3 Å². The van der Waals surface area contributed by atoms with Gasteiger partial charge in [0, 0.05) is 13.5 Å². The number of nitrogens with one attached hydrogen (secondary N) is 1. The van der Waals surface area contributed by atoms with Crippen LogP contribution in [0.1, 0.15) is 31.7 Å². The first-order valence-electron chi connectivity index (χ1n) is 10.1. The molecule has 0 unspecified atom stereocenters. The lowest BCUT2D eigenvalue weighted by Gasteiger charge is -2.33. The summed E-state index contributed by atoms with van der Waals surface area (Å²) >= 11 is 13.9. The molecule has 3 rings (SSSR count). The predicted octanol–water partition coefficient (Wildman–Crippen LogP) is 6.05. The fraction of sp³-hybridized carbons (Fsp3) is 0.348. The summed E-state index contributed by atoms with van der Waals surface area (Å²) in [5, 5.41) is 4.34. The SMILES string of the molecule is CCC(CC)(Cc1nc2ccccc2s1)C(=O)N(C)CC(=O)Nc1c(Cl)cccc1Cl. The first-order chi connectivity index (χ1) is 14.8. The van der Waals surface area contributed by atoms with Crippen molar-refractivity contribution in [3.05, 3.63) is 57.5 Å². The van der Waals surface area contributed by atoms with E-state index in [4.69, 9.17) is 28.2 Å². The van der Waals surface area contributed by atoms with Crippen LogP contribution in [0, 0.1) is 5.41 Å². The van der Waals surface area contributed by atoms with Crippen LogP contribution in [0.2, 0.25) is 10.0 Å². The third-order valence-electron chi connectivity index (χ3n) is 5.59.